The van der Waals surface area contributed by atoms with Crippen molar-refractivity contribution in [3.63, 3.8) is 0 Å². The third-order valence-corrected chi connectivity index (χ3v) is 4.90. The van der Waals surface area contributed by atoms with Crippen LogP contribution in [0.5, 0.6) is 0 Å². The Morgan fingerprint density at radius 2 is 2.04 bits per heavy atom. The van der Waals surface area contributed by atoms with Crippen LogP contribution in [-0.2, 0) is 4.79 Å². The normalized spacial score (nSPS) is 23.1. The van der Waals surface area contributed by atoms with Crippen LogP contribution in [0.3, 0.4) is 0 Å². The lowest BCUT2D eigenvalue weighted by Crippen LogP contribution is -2.52. The summed E-state index contributed by atoms with van der Waals surface area (Å²) in [5.74, 6) is 1.08. The van der Waals surface area contributed by atoms with Crippen LogP contribution in [0.15, 0.2) is 4.99 Å². The third kappa shape index (κ3) is 6.45. The van der Waals surface area contributed by atoms with E-state index in [0.29, 0.717) is 12.5 Å². The Kier molecular flexibility index (Phi) is 9.19. The fourth-order valence-electron chi connectivity index (χ4n) is 3.40. The number of hydrogen-bond acceptors (Lipinski definition) is 3. The number of piperidine rings is 1. The van der Waals surface area contributed by atoms with E-state index in [2.05, 4.69) is 27.6 Å². The molecule has 2 fully saturated rings. The monoisotopic (exact) mass is 437 g/mol. The van der Waals surface area contributed by atoms with Crippen molar-refractivity contribution in [3.05, 3.63) is 0 Å². The summed E-state index contributed by atoms with van der Waals surface area (Å²) < 4.78 is 0. The molecule has 6 nitrogen and oxygen atoms in total. The van der Waals surface area contributed by atoms with Crippen molar-refractivity contribution in [1.29, 1.82) is 0 Å². The van der Waals surface area contributed by atoms with E-state index in [0.717, 1.165) is 38.1 Å². The van der Waals surface area contributed by atoms with Crippen molar-refractivity contribution in [2.75, 3.05) is 40.8 Å². The van der Waals surface area contributed by atoms with Crippen molar-refractivity contribution in [1.82, 2.24) is 20.4 Å². The van der Waals surface area contributed by atoms with Crippen molar-refractivity contribution < 1.29 is 4.79 Å². The Bertz CT molecular complexity index is 398. The zero-order valence-corrected chi connectivity index (χ0v) is 17.0. The second-order valence-electron chi connectivity index (χ2n) is 6.57. The number of rotatable bonds is 5. The number of carbonyl (C=O) groups excluding carboxylic acids is 1. The fraction of sp³-hybridized carbons (Fsp3) is 0.875. The molecule has 0 aromatic heterocycles. The van der Waals surface area contributed by atoms with Gasteiger partial charge in [-0.2, -0.15) is 0 Å². The molecule has 0 radical (unpaired) electrons. The standard InChI is InChI=1S/C16H31N5O.HI/c1-17-16(19-13-8-9-15(22)21(3)12-13)18-10-11-20(2)14-6-4-5-7-14;/h13-14H,4-12H2,1-3H3,(H2,17,18,19);1H. The molecule has 1 aliphatic carbocycles. The van der Waals surface area contributed by atoms with Gasteiger partial charge in [0.2, 0.25) is 5.91 Å². The first-order valence-electron chi connectivity index (χ1n) is 8.51. The second kappa shape index (κ2) is 10.3. The highest BCUT2D eigenvalue weighted by Gasteiger charge is 2.23. The summed E-state index contributed by atoms with van der Waals surface area (Å²) in [4.78, 5) is 20.1. The van der Waals surface area contributed by atoms with Crippen LogP contribution in [0.25, 0.3) is 0 Å². The third-order valence-electron chi connectivity index (χ3n) is 4.90. The number of guanidine groups is 1. The highest BCUT2D eigenvalue weighted by atomic mass is 127. The molecule has 134 valence electrons. The molecule has 1 heterocycles. The predicted octanol–water partition coefficient (Wildman–Crippen LogP) is 1.26. The molecule has 2 aliphatic rings. The van der Waals surface area contributed by atoms with Gasteiger partial charge in [0.05, 0.1) is 0 Å². The van der Waals surface area contributed by atoms with Crippen LogP contribution in [0.1, 0.15) is 38.5 Å². The van der Waals surface area contributed by atoms with E-state index in [4.69, 9.17) is 0 Å². The largest absolute Gasteiger partial charge is 0.355 e. The van der Waals surface area contributed by atoms with Crippen LogP contribution in [-0.4, -0.2) is 74.5 Å². The van der Waals surface area contributed by atoms with Crippen LogP contribution >= 0.6 is 24.0 Å². The lowest BCUT2D eigenvalue weighted by molar-refractivity contribution is -0.132. The van der Waals surface area contributed by atoms with E-state index in [1.54, 1.807) is 11.9 Å². The molecule has 0 aromatic carbocycles. The summed E-state index contributed by atoms with van der Waals surface area (Å²) in [6.45, 7) is 2.68. The quantitative estimate of drug-likeness (QED) is 0.387. The van der Waals surface area contributed by atoms with Crippen molar-refractivity contribution >= 4 is 35.8 Å². The molecule has 0 aromatic rings. The van der Waals surface area contributed by atoms with Crippen LogP contribution in [0.4, 0.5) is 0 Å². The molecule has 1 saturated carbocycles. The molecular formula is C16H32IN5O. The molecule has 2 N–H and O–H groups in total. The summed E-state index contributed by atoms with van der Waals surface area (Å²) in [5, 5.41) is 6.82. The number of amides is 1. The van der Waals surface area contributed by atoms with Crippen LogP contribution in [0, 0.1) is 0 Å². The smallest absolute Gasteiger partial charge is 0.222 e. The van der Waals surface area contributed by atoms with Gasteiger partial charge in [0.1, 0.15) is 0 Å². The summed E-state index contributed by atoms with van der Waals surface area (Å²) in [6, 6.07) is 1.05. The maximum absolute atomic E-state index is 11.5. The van der Waals surface area contributed by atoms with Gasteiger partial charge in [-0.25, -0.2) is 0 Å². The minimum Gasteiger partial charge on any atom is -0.355 e. The first-order chi connectivity index (χ1) is 10.6. The molecule has 1 aliphatic heterocycles. The maximum Gasteiger partial charge on any atom is 0.222 e. The minimum absolute atomic E-state index is 0. The summed E-state index contributed by atoms with van der Waals surface area (Å²) in [7, 11) is 5.88. The Labute approximate surface area is 157 Å². The average Bonchev–Trinajstić information content (AvgIpc) is 3.04. The van der Waals surface area contributed by atoms with E-state index in [9.17, 15) is 4.79 Å². The molecule has 7 heteroatoms. The Morgan fingerprint density at radius 1 is 1.35 bits per heavy atom. The Balaban J connectivity index is 0.00000264. The van der Waals surface area contributed by atoms with Gasteiger partial charge in [-0.05, 0) is 26.3 Å². The van der Waals surface area contributed by atoms with E-state index < -0.39 is 0 Å². The molecule has 0 bridgehead atoms. The molecule has 2 rings (SSSR count). The number of nitrogens with zero attached hydrogens (tertiary/aromatic N) is 3. The van der Waals surface area contributed by atoms with Gasteiger partial charge < -0.3 is 20.4 Å². The van der Waals surface area contributed by atoms with E-state index in [-0.39, 0.29) is 29.9 Å². The number of carbonyl (C=O) groups is 1. The zero-order valence-electron chi connectivity index (χ0n) is 14.7. The van der Waals surface area contributed by atoms with Crippen molar-refractivity contribution in [3.8, 4) is 0 Å². The van der Waals surface area contributed by atoms with Gasteiger partial charge in [-0.1, -0.05) is 12.8 Å². The first-order valence-corrected chi connectivity index (χ1v) is 8.51. The van der Waals surface area contributed by atoms with Gasteiger partial charge in [-0.15, -0.1) is 24.0 Å². The Morgan fingerprint density at radius 3 is 2.65 bits per heavy atom. The fourth-order valence-corrected chi connectivity index (χ4v) is 3.40. The highest BCUT2D eigenvalue weighted by Crippen LogP contribution is 2.21. The molecule has 0 spiro atoms. The number of halogens is 1. The summed E-state index contributed by atoms with van der Waals surface area (Å²) >= 11 is 0. The van der Waals surface area contributed by atoms with Gasteiger partial charge in [-0.3, -0.25) is 9.79 Å². The molecule has 1 saturated heterocycles. The summed E-state index contributed by atoms with van der Waals surface area (Å²) in [5.41, 5.74) is 0. The highest BCUT2D eigenvalue weighted by molar-refractivity contribution is 14.0. The molecule has 23 heavy (non-hydrogen) atoms. The second-order valence-corrected chi connectivity index (χ2v) is 6.57. The molecular weight excluding hydrogens is 405 g/mol. The van der Waals surface area contributed by atoms with Gasteiger partial charge in [0.25, 0.3) is 0 Å². The minimum atomic E-state index is 0. The van der Waals surface area contributed by atoms with Crippen molar-refractivity contribution in [2.24, 2.45) is 4.99 Å². The number of likely N-dealkylation sites (tertiary alicyclic amines) is 1. The van der Waals surface area contributed by atoms with E-state index in [1.807, 2.05) is 7.05 Å². The van der Waals surface area contributed by atoms with E-state index in [1.165, 1.54) is 25.7 Å². The van der Waals surface area contributed by atoms with Crippen LogP contribution in [0.2, 0.25) is 0 Å². The van der Waals surface area contributed by atoms with Gasteiger partial charge in [0, 0.05) is 52.2 Å². The van der Waals surface area contributed by atoms with E-state index >= 15 is 0 Å². The molecule has 1 amide bonds. The number of hydrogen-bond donors (Lipinski definition) is 2. The average molecular weight is 437 g/mol. The molecule has 1 unspecified atom stereocenters. The Hall–Kier alpha value is -0.570. The predicted molar refractivity (Wildman–Crippen MR) is 105 cm³/mol. The zero-order chi connectivity index (χ0) is 15.9. The summed E-state index contributed by atoms with van der Waals surface area (Å²) in [6.07, 6.45) is 6.93. The van der Waals surface area contributed by atoms with Crippen molar-refractivity contribution in [2.45, 2.75) is 50.6 Å². The lowest BCUT2D eigenvalue weighted by Gasteiger charge is -2.31. The van der Waals surface area contributed by atoms with Gasteiger partial charge >= 0.3 is 0 Å². The number of likely N-dealkylation sites (N-methyl/N-ethyl adjacent to an activating group) is 2. The van der Waals surface area contributed by atoms with Gasteiger partial charge in [0.15, 0.2) is 5.96 Å². The SMILES string of the molecule is CN=C(NCCN(C)C1CCCC1)NC1CCC(=O)N(C)C1.I. The topological polar surface area (TPSA) is 60.0 Å². The number of aliphatic imine (C=N–C) groups is 1. The maximum atomic E-state index is 11.5. The lowest BCUT2D eigenvalue weighted by atomic mass is 10.1. The van der Waals surface area contributed by atoms with Crippen LogP contribution < -0.4 is 10.6 Å². The first kappa shape index (κ1) is 20.5. The number of nitrogens with one attached hydrogen (secondary N) is 2. The molecule has 1 atom stereocenters.